The van der Waals surface area contributed by atoms with E-state index in [1.807, 2.05) is 24.4 Å². The van der Waals surface area contributed by atoms with Crippen molar-refractivity contribution >= 4 is 28.2 Å². The Morgan fingerprint density at radius 2 is 1.81 bits per heavy atom. The molecule has 0 aliphatic carbocycles. The lowest BCUT2D eigenvalue weighted by Crippen LogP contribution is -2.46. The normalized spacial score (nSPS) is 15.4. The minimum atomic E-state index is 0.627. The first-order valence-corrected chi connectivity index (χ1v) is 9.26. The molecule has 4 rings (SSSR count). The third-order valence-electron chi connectivity index (χ3n) is 4.95. The number of aromatic nitrogens is 1. The zero-order chi connectivity index (χ0) is 17.9. The fourth-order valence-corrected chi connectivity index (χ4v) is 3.84. The Morgan fingerprint density at radius 3 is 2.54 bits per heavy atom. The van der Waals surface area contributed by atoms with Crippen LogP contribution in [0.4, 0.5) is 5.69 Å². The van der Waals surface area contributed by atoms with Crippen molar-refractivity contribution in [1.29, 1.82) is 0 Å². The summed E-state index contributed by atoms with van der Waals surface area (Å²) in [6.45, 7) is 4.96. The number of anilines is 1. The van der Waals surface area contributed by atoms with E-state index >= 15 is 0 Å². The standard InChI is InChI=1S/C21H22ClN3O/c1-26-19-14-18(21-17(20(19)22)8-5-9-23-21)25-12-10-24(11-13-25)15-16-6-3-2-4-7-16/h2-9,14H,10-13,15H2,1H3. The average molecular weight is 368 g/mol. The van der Waals surface area contributed by atoms with Crippen molar-refractivity contribution in [2.75, 3.05) is 38.2 Å². The summed E-state index contributed by atoms with van der Waals surface area (Å²) in [5.74, 6) is 0.703. The van der Waals surface area contributed by atoms with Crippen LogP contribution < -0.4 is 9.64 Å². The van der Waals surface area contributed by atoms with Crippen molar-refractivity contribution in [1.82, 2.24) is 9.88 Å². The molecule has 3 aromatic rings. The molecular formula is C21H22ClN3O. The van der Waals surface area contributed by atoms with Crippen LogP contribution in [0.3, 0.4) is 0 Å². The molecule has 2 aromatic carbocycles. The van der Waals surface area contributed by atoms with Gasteiger partial charge in [0.2, 0.25) is 0 Å². The molecule has 0 unspecified atom stereocenters. The van der Waals surface area contributed by atoms with Gasteiger partial charge in [-0.2, -0.15) is 0 Å². The first-order valence-electron chi connectivity index (χ1n) is 8.88. The maximum Gasteiger partial charge on any atom is 0.140 e. The van der Waals surface area contributed by atoms with Crippen molar-refractivity contribution in [2.45, 2.75) is 6.54 Å². The van der Waals surface area contributed by atoms with Crippen LogP contribution in [0.5, 0.6) is 5.75 Å². The highest BCUT2D eigenvalue weighted by Crippen LogP contribution is 2.38. The van der Waals surface area contributed by atoms with Gasteiger partial charge < -0.3 is 9.64 Å². The van der Waals surface area contributed by atoms with Crippen molar-refractivity contribution in [3.05, 3.63) is 65.3 Å². The summed E-state index contributed by atoms with van der Waals surface area (Å²) >= 11 is 6.47. The van der Waals surface area contributed by atoms with E-state index in [-0.39, 0.29) is 0 Å². The number of halogens is 1. The Balaban J connectivity index is 1.55. The van der Waals surface area contributed by atoms with Crippen molar-refractivity contribution < 1.29 is 4.74 Å². The third-order valence-corrected chi connectivity index (χ3v) is 5.34. The number of piperazine rings is 1. The Morgan fingerprint density at radius 1 is 1.04 bits per heavy atom. The monoisotopic (exact) mass is 367 g/mol. The van der Waals surface area contributed by atoms with E-state index < -0.39 is 0 Å². The highest BCUT2D eigenvalue weighted by atomic mass is 35.5. The molecule has 0 N–H and O–H groups in total. The predicted octanol–water partition coefficient (Wildman–Crippen LogP) is 4.22. The van der Waals surface area contributed by atoms with Crippen molar-refractivity contribution in [3.63, 3.8) is 0 Å². The minimum Gasteiger partial charge on any atom is -0.495 e. The summed E-state index contributed by atoms with van der Waals surface area (Å²) < 4.78 is 5.49. The van der Waals surface area contributed by atoms with Crippen LogP contribution in [0.25, 0.3) is 10.9 Å². The first kappa shape index (κ1) is 17.1. The number of benzene rings is 2. The largest absolute Gasteiger partial charge is 0.495 e. The summed E-state index contributed by atoms with van der Waals surface area (Å²) in [4.78, 5) is 9.46. The quantitative estimate of drug-likeness (QED) is 0.690. The molecule has 1 aliphatic heterocycles. The molecule has 5 heteroatoms. The Hall–Kier alpha value is -2.30. The summed E-state index contributed by atoms with van der Waals surface area (Å²) in [7, 11) is 1.66. The molecule has 2 heterocycles. The lowest BCUT2D eigenvalue weighted by Gasteiger charge is -2.36. The van der Waals surface area contributed by atoms with Gasteiger partial charge in [0.1, 0.15) is 5.75 Å². The maximum absolute atomic E-state index is 6.47. The molecule has 1 aromatic heterocycles. The zero-order valence-electron chi connectivity index (χ0n) is 14.9. The van der Waals surface area contributed by atoms with Gasteiger partial charge in [-0.1, -0.05) is 41.9 Å². The van der Waals surface area contributed by atoms with Gasteiger partial charge in [0.15, 0.2) is 0 Å². The lowest BCUT2D eigenvalue weighted by molar-refractivity contribution is 0.250. The molecule has 0 amide bonds. The van der Waals surface area contributed by atoms with E-state index in [4.69, 9.17) is 16.3 Å². The number of pyridine rings is 1. The van der Waals surface area contributed by atoms with Gasteiger partial charge in [0, 0.05) is 50.4 Å². The van der Waals surface area contributed by atoms with Gasteiger partial charge in [-0.25, -0.2) is 0 Å². The van der Waals surface area contributed by atoms with E-state index in [1.54, 1.807) is 7.11 Å². The van der Waals surface area contributed by atoms with E-state index in [9.17, 15) is 0 Å². The van der Waals surface area contributed by atoms with Crippen LogP contribution in [0.2, 0.25) is 5.02 Å². The highest BCUT2D eigenvalue weighted by molar-refractivity contribution is 6.37. The molecule has 0 atom stereocenters. The third kappa shape index (κ3) is 3.35. The summed E-state index contributed by atoms with van der Waals surface area (Å²) in [6.07, 6.45) is 1.82. The van der Waals surface area contributed by atoms with Gasteiger partial charge in [0.25, 0.3) is 0 Å². The summed E-state index contributed by atoms with van der Waals surface area (Å²) in [5.41, 5.74) is 3.40. The highest BCUT2D eigenvalue weighted by Gasteiger charge is 2.21. The van der Waals surface area contributed by atoms with Crippen LogP contribution in [0.1, 0.15) is 5.56 Å². The van der Waals surface area contributed by atoms with Gasteiger partial charge in [-0.05, 0) is 17.7 Å². The molecule has 1 saturated heterocycles. The fraction of sp³-hybridized carbons (Fsp3) is 0.286. The Labute approximate surface area is 159 Å². The Bertz CT molecular complexity index is 892. The molecule has 0 saturated carbocycles. The number of methoxy groups -OCH3 is 1. The summed E-state index contributed by atoms with van der Waals surface area (Å²) in [5, 5.41) is 1.57. The topological polar surface area (TPSA) is 28.6 Å². The van der Waals surface area contributed by atoms with Crippen molar-refractivity contribution in [3.8, 4) is 5.75 Å². The second-order valence-corrected chi connectivity index (χ2v) is 6.94. The maximum atomic E-state index is 6.47. The predicted molar refractivity (Wildman–Crippen MR) is 107 cm³/mol. The lowest BCUT2D eigenvalue weighted by atomic mass is 10.1. The van der Waals surface area contributed by atoms with Crippen LogP contribution in [0, 0.1) is 0 Å². The molecule has 0 bridgehead atoms. The second-order valence-electron chi connectivity index (χ2n) is 6.56. The van der Waals surface area contributed by atoms with E-state index in [2.05, 4.69) is 45.1 Å². The van der Waals surface area contributed by atoms with Crippen molar-refractivity contribution in [2.24, 2.45) is 0 Å². The molecule has 1 aliphatic rings. The summed E-state index contributed by atoms with van der Waals surface area (Å²) in [6, 6.07) is 16.6. The molecule has 134 valence electrons. The molecular weight excluding hydrogens is 346 g/mol. The minimum absolute atomic E-state index is 0.627. The number of rotatable bonds is 4. The number of hydrogen-bond acceptors (Lipinski definition) is 4. The molecule has 26 heavy (non-hydrogen) atoms. The van der Waals surface area contributed by atoms with E-state index in [0.717, 1.165) is 49.3 Å². The fourth-order valence-electron chi connectivity index (χ4n) is 3.55. The number of ether oxygens (including phenoxy) is 1. The Kier molecular flexibility index (Phi) is 4.96. The number of nitrogens with zero attached hydrogens (tertiary/aromatic N) is 3. The molecule has 1 fully saturated rings. The molecule has 4 nitrogen and oxygen atoms in total. The SMILES string of the molecule is COc1cc(N2CCN(Cc3ccccc3)CC2)c2ncccc2c1Cl. The van der Waals surface area contributed by atoms with Gasteiger partial charge in [-0.3, -0.25) is 9.88 Å². The smallest absolute Gasteiger partial charge is 0.140 e. The van der Waals surface area contributed by atoms with Crippen LogP contribution >= 0.6 is 11.6 Å². The number of hydrogen-bond donors (Lipinski definition) is 0. The molecule has 0 spiro atoms. The van der Waals surface area contributed by atoms with Gasteiger partial charge in [0.05, 0.1) is 23.3 Å². The van der Waals surface area contributed by atoms with E-state index in [1.165, 1.54) is 5.56 Å². The van der Waals surface area contributed by atoms with E-state index in [0.29, 0.717) is 10.8 Å². The van der Waals surface area contributed by atoms with Crippen LogP contribution in [-0.4, -0.2) is 43.2 Å². The van der Waals surface area contributed by atoms with Crippen LogP contribution in [0.15, 0.2) is 54.7 Å². The average Bonchev–Trinajstić information content (AvgIpc) is 2.70. The van der Waals surface area contributed by atoms with Gasteiger partial charge >= 0.3 is 0 Å². The molecule has 0 radical (unpaired) electrons. The van der Waals surface area contributed by atoms with Crippen LogP contribution in [-0.2, 0) is 6.54 Å². The number of fused-ring (bicyclic) bond motifs is 1. The van der Waals surface area contributed by atoms with Gasteiger partial charge in [-0.15, -0.1) is 0 Å². The zero-order valence-corrected chi connectivity index (χ0v) is 15.6. The first-order chi connectivity index (χ1) is 12.8. The second kappa shape index (κ2) is 7.52.